The van der Waals surface area contributed by atoms with Gasteiger partial charge in [0, 0.05) is 6.42 Å². The average Bonchev–Trinajstić information content (AvgIpc) is 2.97. The Hall–Kier alpha value is -1.30. The van der Waals surface area contributed by atoms with Gasteiger partial charge in [-0.3, -0.25) is 4.79 Å². The van der Waals surface area contributed by atoms with Gasteiger partial charge in [0.25, 0.3) is 0 Å². The van der Waals surface area contributed by atoms with Crippen LogP contribution in [0.1, 0.15) is 12.8 Å². The summed E-state index contributed by atoms with van der Waals surface area (Å²) in [5, 5.41) is 0. The molecular weight excluding hydrogens is 237 g/mol. The topological polar surface area (TPSA) is 38.8 Å². The number of carbonyl (C=O) groups is 1. The van der Waals surface area contributed by atoms with E-state index in [1.807, 2.05) is 0 Å². The molecule has 1 aliphatic carbocycles. The Bertz CT molecular complexity index is 397. The van der Waals surface area contributed by atoms with Crippen molar-refractivity contribution < 1.29 is 27.4 Å². The highest BCUT2D eigenvalue weighted by molar-refractivity contribution is 5.84. The molecule has 1 saturated heterocycles. The van der Waals surface area contributed by atoms with Gasteiger partial charge in [0.05, 0.1) is 7.11 Å². The summed E-state index contributed by atoms with van der Waals surface area (Å²) in [6.45, 7) is 0. The molecule has 0 spiro atoms. The number of ether oxygens (including phenoxy) is 2. The molecule has 6 heteroatoms. The third-order valence-electron chi connectivity index (χ3n) is 2.91. The van der Waals surface area contributed by atoms with Gasteiger partial charge in [-0.05, 0) is 24.6 Å². The van der Waals surface area contributed by atoms with Gasteiger partial charge in [-0.25, -0.2) is 0 Å². The third kappa shape index (κ3) is 2.36. The molecule has 2 unspecified atom stereocenters. The Morgan fingerprint density at radius 3 is 2.82 bits per heavy atom. The van der Waals surface area contributed by atoms with Crippen LogP contribution >= 0.6 is 0 Å². The zero-order valence-corrected chi connectivity index (χ0v) is 9.08. The number of Topliss-reactive ketones (excluding diaryl/α,β-unsaturated/α-hetero) is 1. The van der Waals surface area contributed by atoms with E-state index in [4.69, 9.17) is 9.47 Å². The van der Waals surface area contributed by atoms with E-state index in [0.717, 1.165) is 0 Å². The van der Waals surface area contributed by atoms with Crippen LogP contribution in [0, 0.1) is 0 Å². The lowest BCUT2D eigenvalue weighted by Crippen LogP contribution is -2.25. The molecule has 1 aliphatic heterocycles. The maximum absolute atomic E-state index is 12.0. The van der Waals surface area contributed by atoms with Gasteiger partial charge in [0.1, 0.15) is 17.5 Å². The fourth-order valence-corrected chi connectivity index (χ4v) is 1.81. The quantitative estimate of drug-likeness (QED) is 0.715. The summed E-state index contributed by atoms with van der Waals surface area (Å²) in [6.07, 6.45) is -0.559. The second-order valence-electron chi connectivity index (χ2n) is 4.02. The lowest BCUT2D eigenvalue weighted by Gasteiger charge is -2.11. The van der Waals surface area contributed by atoms with Crippen LogP contribution in [0.4, 0.5) is 13.2 Å². The van der Waals surface area contributed by atoms with Gasteiger partial charge in [0.2, 0.25) is 5.78 Å². The van der Waals surface area contributed by atoms with E-state index in [9.17, 15) is 18.0 Å². The summed E-state index contributed by atoms with van der Waals surface area (Å²) < 4.78 is 46.3. The van der Waals surface area contributed by atoms with E-state index < -0.39 is 24.0 Å². The smallest absolute Gasteiger partial charge is 0.449 e. The van der Waals surface area contributed by atoms with Crippen molar-refractivity contribution in [1.29, 1.82) is 0 Å². The van der Waals surface area contributed by atoms with Crippen LogP contribution in [-0.2, 0) is 14.3 Å². The lowest BCUT2D eigenvalue weighted by atomic mass is 9.93. The number of epoxide rings is 1. The number of alkyl halides is 3. The number of methoxy groups -OCH3 is 1. The molecule has 2 rings (SSSR count). The van der Waals surface area contributed by atoms with Gasteiger partial charge >= 0.3 is 6.18 Å². The molecule has 94 valence electrons. The number of hydrogen-bond donors (Lipinski definition) is 0. The Morgan fingerprint density at radius 2 is 2.29 bits per heavy atom. The first-order chi connectivity index (χ1) is 7.87. The minimum atomic E-state index is -4.76. The number of carbonyl (C=O) groups excluding carboxylic acids is 1. The van der Waals surface area contributed by atoms with Gasteiger partial charge in [-0.2, -0.15) is 13.2 Å². The van der Waals surface area contributed by atoms with E-state index in [2.05, 4.69) is 0 Å². The molecule has 0 radical (unpaired) electrons. The molecule has 1 fully saturated rings. The highest BCUT2D eigenvalue weighted by Gasteiger charge is 2.55. The van der Waals surface area contributed by atoms with E-state index in [1.54, 1.807) is 18.2 Å². The first-order valence-corrected chi connectivity index (χ1v) is 5.10. The summed E-state index contributed by atoms with van der Waals surface area (Å²) in [5.41, 5.74) is -0.733. The van der Waals surface area contributed by atoms with Crippen molar-refractivity contribution in [3.8, 4) is 0 Å². The van der Waals surface area contributed by atoms with E-state index >= 15 is 0 Å². The van der Waals surface area contributed by atoms with E-state index in [0.29, 0.717) is 5.76 Å². The summed E-state index contributed by atoms with van der Waals surface area (Å²) in [7, 11) is 1.50. The lowest BCUT2D eigenvalue weighted by molar-refractivity contribution is -0.171. The predicted octanol–water partition coefficient (Wildman–Crippen LogP) is 2.14. The normalized spacial score (nSPS) is 30.6. The minimum Gasteiger partial charge on any atom is -0.497 e. The van der Waals surface area contributed by atoms with Crippen LogP contribution in [-0.4, -0.2) is 30.8 Å². The number of halogens is 3. The molecule has 1 heterocycles. The number of hydrogen-bond acceptors (Lipinski definition) is 3. The van der Waals surface area contributed by atoms with E-state index in [1.165, 1.54) is 7.11 Å². The number of allylic oxidation sites excluding steroid dienone is 1. The minimum absolute atomic E-state index is 0.0417. The monoisotopic (exact) mass is 248 g/mol. The standard InChI is InChI=1S/C11H11F3O3/c1-16-7-2-4-10(9(6-7)17-10)5-3-8(15)11(12,13)14/h2,4,6,9H,3,5H2,1H3. The van der Waals surface area contributed by atoms with Crippen LogP contribution in [0.25, 0.3) is 0 Å². The summed E-state index contributed by atoms with van der Waals surface area (Å²) in [5.74, 6) is -1.10. The van der Waals surface area contributed by atoms with Crippen LogP contribution in [0.2, 0.25) is 0 Å². The second-order valence-corrected chi connectivity index (χ2v) is 4.02. The Kier molecular flexibility index (Phi) is 2.77. The molecular formula is C11H11F3O3. The van der Waals surface area contributed by atoms with E-state index in [-0.39, 0.29) is 12.5 Å². The summed E-state index contributed by atoms with van der Waals surface area (Å²) in [4.78, 5) is 10.7. The predicted molar refractivity (Wildman–Crippen MR) is 52.1 cm³/mol. The van der Waals surface area contributed by atoms with Gasteiger partial charge in [0.15, 0.2) is 0 Å². The average molecular weight is 248 g/mol. The fraction of sp³-hybridized carbons (Fsp3) is 0.545. The molecule has 0 aromatic heterocycles. The maximum Gasteiger partial charge on any atom is 0.449 e. The molecule has 0 bridgehead atoms. The first kappa shape index (κ1) is 12.2. The van der Waals surface area contributed by atoms with Crippen molar-refractivity contribution >= 4 is 5.78 Å². The molecule has 2 aliphatic rings. The highest BCUT2D eigenvalue weighted by Crippen LogP contribution is 2.46. The summed E-state index contributed by atoms with van der Waals surface area (Å²) >= 11 is 0. The Labute approximate surface area is 95.9 Å². The van der Waals surface area contributed by atoms with Crippen molar-refractivity contribution in [1.82, 2.24) is 0 Å². The van der Waals surface area contributed by atoms with Crippen molar-refractivity contribution in [3.63, 3.8) is 0 Å². The van der Waals surface area contributed by atoms with Crippen LogP contribution in [0.15, 0.2) is 24.0 Å². The maximum atomic E-state index is 12.0. The van der Waals surface area contributed by atoms with Gasteiger partial charge in [-0.1, -0.05) is 0 Å². The van der Waals surface area contributed by atoms with Crippen molar-refractivity contribution in [2.45, 2.75) is 30.7 Å². The number of fused-ring (bicyclic) bond motifs is 1. The number of rotatable bonds is 4. The van der Waals surface area contributed by atoms with Gasteiger partial charge in [-0.15, -0.1) is 0 Å². The highest BCUT2D eigenvalue weighted by atomic mass is 19.4. The third-order valence-corrected chi connectivity index (χ3v) is 2.91. The van der Waals surface area contributed by atoms with Crippen molar-refractivity contribution in [2.75, 3.05) is 7.11 Å². The zero-order chi connectivity index (χ0) is 12.7. The molecule has 17 heavy (non-hydrogen) atoms. The van der Waals surface area contributed by atoms with Crippen LogP contribution < -0.4 is 0 Å². The Balaban J connectivity index is 1.90. The Morgan fingerprint density at radius 1 is 1.59 bits per heavy atom. The molecule has 0 aromatic rings. The van der Waals surface area contributed by atoms with Gasteiger partial charge < -0.3 is 9.47 Å². The molecule has 0 N–H and O–H groups in total. The second kappa shape index (κ2) is 3.87. The number of ketones is 1. The fourth-order valence-electron chi connectivity index (χ4n) is 1.81. The van der Waals surface area contributed by atoms with Crippen molar-refractivity contribution in [2.24, 2.45) is 0 Å². The molecule has 3 nitrogen and oxygen atoms in total. The molecule has 0 saturated carbocycles. The molecule has 0 amide bonds. The first-order valence-electron chi connectivity index (χ1n) is 5.10. The summed E-state index contributed by atoms with van der Waals surface area (Å²) in [6, 6.07) is 0. The van der Waals surface area contributed by atoms with Crippen molar-refractivity contribution in [3.05, 3.63) is 24.0 Å². The SMILES string of the molecule is COC1=CC2OC2(CCC(=O)C(F)(F)F)C=C1. The largest absolute Gasteiger partial charge is 0.497 e. The molecule has 2 atom stereocenters. The molecule has 0 aromatic carbocycles. The van der Waals surface area contributed by atoms with Crippen LogP contribution in [0.5, 0.6) is 0 Å². The van der Waals surface area contributed by atoms with Crippen LogP contribution in [0.3, 0.4) is 0 Å². The zero-order valence-electron chi connectivity index (χ0n) is 9.08.